The van der Waals surface area contributed by atoms with Crippen molar-refractivity contribution in [2.45, 2.75) is 0 Å². The lowest BCUT2D eigenvalue weighted by molar-refractivity contribution is 1.19. The zero-order valence-electron chi connectivity index (χ0n) is 27.4. The van der Waals surface area contributed by atoms with Crippen LogP contribution in [0.1, 0.15) is 0 Å². The quantitative estimate of drug-likeness (QED) is 0.160. The maximum atomic E-state index is 2.55. The highest BCUT2D eigenvalue weighted by Gasteiger charge is 2.24. The second kappa shape index (κ2) is 10.3. The van der Waals surface area contributed by atoms with Crippen LogP contribution in [0.2, 0.25) is 0 Å². The molecule has 0 amide bonds. The molecule has 3 aromatic heterocycles. The SMILES string of the molecule is c1cc(-c2ccc3sc4ccccc4c3c2)cc(-n2c3ccccc3c3c4c5ccccc5c5ccccc5c4c4c5ccccc5sc4c32)c1. The van der Waals surface area contributed by atoms with E-state index in [-0.39, 0.29) is 0 Å². The Kier molecular flexibility index (Phi) is 5.59. The van der Waals surface area contributed by atoms with Gasteiger partial charge in [-0.25, -0.2) is 0 Å². The molecule has 9 aromatic carbocycles. The summed E-state index contributed by atoms with van der Waals surface area (Å²) < 4.78 is 7.88. The maximum Gasteiger partial charge on any atom is 0.0726 e. The zero-order chi connectivity index (χ0) is 33.2. The molecule has 0 bridgehead atoms. The predicted octanol–water partition coefficient (Wildman–Crippen LogP) is 14.6. The minimum absolute atomic E-state index is 1.18. The van der Waals surface area contributed by atoms with Gasteiger partial charge in [0.05, 0.1) is 15.7 Å². The Morgan fingerprint density at radius 1 is 0.333 bits per heavy atom. The Labute approximate surface area is 300 Å². The first-order chi connectivity index (χ1) is 25.3. The number of hydrogen-bond acceptors (Lipinski definition) is 2. The molecule has 1 nitrogen and oxygen atoms in total. The van der Waals surface area contributed by atoms with Gasteiger partial charge in [-0.2, -0.15) is 0 Å². The smallest absolute Gasteiger partial charge is 0.0726 e. The molecule has 0 saturated carbocycles. The lowest BCUT2D eigenvalue weighted by atomic mass is 9.89. The first kappa shape index (κ1) is 27.8. The number of rotatable bonds is 2. The number of fused-ring (bicyclic) bond motifs is 18. The van der Waals surface area contributed by atoms with Crippen LogP contribution in [0.25, 0.3) is 111 Å². The molecule has 51 heavy (non-hydrogen) atoms. The summed E-state index contributed by atoms with van der Waals surface area (Å²) in [7, 11) is 0. The van der Waals surface area contributed by atoms with Crippen molar-refractivity contribution in [3.05, 3.63) is 164 Å². The van der Waals surface area contributed by atoms with Gasteiger partial charge in [-0.15, -0.1) is 22.7 Å². The van der Waals surface area contributed by atoms with Gasteiger partial charge in [-0.3, -0.25) is 0 Å². The Bertz CT molecular complexity index is 3430. The van der Waals surface area contributed by atoms with E-state index in [0.29, 0.717) is 0 Å². The van der Waals surface area contributed by atoms with E-state index in [2.05, 4.69) is 168 Å². The topological polar surface area (TPSA) is 4.93 Å². The van der Waals surface area contributed by atoms with Crippen LogP contribution in [0.4, 0.5) is 0 Å². The van der Waals surface area contributed by atoms with E-state index in [1.165, 1.54) is 111 Å². The van der Waals surface area contributed by atoms with Crippen LogP contribution < -0.4 is 0 Å². The van der Waals surface area contributed by atoms with Gasteiger partial charge < -0.3 is 4.57 Å². The van der Waals surface area contributed by atoms with Crippen molar-refractivity contribution < 1.29 is 0 Å². The third-order valence-corrected chi connectivity index (χ3v) is 13.3. The van der Waals surface area contributed by atoms with Gasteiger partial charge in [0.1, 0.15) is 0 Å². The van der Waals surface area contributed by atoms with Crippen LogP contribution >= 0.6 is 22.7 Å². The molecule has 12 rings (SSSR count). The van der Waals surface area contributed by atoms with E-state index in [9.17, 15) is 0 Å². The van der Waals surface area contributed by atoms with Gasteiger partial charge in [-0.1, -0.05) is 121 Å². The van der Waals surface area contributed by atoms with E-state index < -0.39 is 0 Å². The van der Waals surface area contributed by atoms with Crippen molar-refractivity contribution in [3.8, 4) is 16.8 Å². The molecular weight excluding hydrogens is 655 g/mol. The van der Waals surface area contributed by atoms with Crippen molar-refractivity contribution in [2.24, 2.45) is 0 Å². The lowest BCUT2D eigenvalue weighted by Gasteiger charge is -2.15. The fourth-order valence-corrected chi connectivity index (χ4v) is 11.2. The van der Waals surface area contributed by atoms with Crippen molar-refractivity contribution in [2.75, 3.05) is 0 Å². The van der Waals surface area contributed by atoms with Crippen LogP contribution in [-0.2, 0) is 0 Å². The average molecular weight is 682 g/mol. The number of hydrogen-bond donors (Lipinski definition) is 0. The molecule has 0 atom stereocenters. The number of aromatic nitrogens is 1. The highest BCUT2D eigenvalue weighted by molar-refractivity contribution is 7.27. The van der Waals surface area contributed by atoms with Crippen LogP contribution in [0, 0.1) is 0 Å². The normalized spacial score (nSPS) is 12.3. The van der Waals surface area contributed by atoms with E-state index in [1.54, 1.807) is 0 Å². The fraction of sp³-hybridized carbons (Fsp3) is 0. The molecule has 0 radical (unpaired) electrons. The second-order valence-electron chi connectivity index (χ2n) is 13.6. The largest absolute Gasteiger partial charge is 0.308 e. The Morgan fingerprint density at radius 3 is 1.67 bits per heavy atom. The number of benzene rings is 9. The van der Waals surface area contributed by atoms with E-state index in [1.807, 2.05) is 22.7 Å². The van der Waals surface area contributed by atoms with Crippen LogP contribution in [-0.4, -0.2) is 4.57 Å². The van der Waals surface area contributed by atoms with Crippen LogP contribution in [0.15, 0.2) is 164 Å². The molecule has 0 fully saturated rings. The first-order valence-electron chi connectivity index (χ1n) is 17.4. The first-order valence-corrected chi connectivity index (χ1v) is 19.1. The van der Waals surface area contributed by atoms with Gasteiger partial charge in [0.25, 0.3) is 0 Å². The third-order valence-electron chi connectivity index (χ3n) is 10.9. The molecule has 3 heteroatoms. The highest BCUT2D eigenvalue weighted by atomic mass is 32.1. The maximum absolute atomic E-state index is 2.55. The van der Waals surface area contributed by atoms with E-state index in [0.717, 1.165) is 0 Å². The molecule has 0 N–H and O–H groups in total. The van der Waals surface area contributed by atoms with Crippen molar-refractivity contribution in [3.63, 3.8) is 0 Å². The third kappa shape index (κ3) is 3.74. The van der Waals surface area contributed by atoms with Crippen molar-refractivity contribution in [1.82, 2.24) is 4.57 Å². The standard InChI is InChI=1S/C48H27NS2/c1-3-17-34-31(14-1)32-15-2-4-18-35(32)44-43(34)45-36-19-5-8-21-39(36)49(47(45)48-46(44)37-20-7-10-23-41(37)51-48)30-13-11-12-28(26-30)29-24-25-42-38(27-29)33-16-6-9-22-40(33)50-42/h1-27H. The number of thiophene rings is 2. The molecule has 0 aliphatic heterocycles. The average Bonchev–Trinajstić information content (AvgIpc) is 3.87. The monoisotopic (exact) mass is 681 g/mol. The van der Waals surface area contributed by atoms with Crippen molar-refractivity contribution >= 4 is 117 Å². The molecule has 0 aliphatic rings. The minimum Gasteiger partial charge on any atom is -0.308 e. The number of nitrogens with zero attached hydrogens (tertiary/aromatic N) is 1. The van der Waals surface area contributed by atoms with E-state index in [4.69, 9.17) is 0 Å². The fourth-order valence-electron chi connectivity index (χ4n) is 8.83. The molecule has 3 heterocycles. The molecule has 0 unspecified atom stereocenters. The molecule has 0 spiro atoms. The summed E-state index contributed by atoms with van der Waals surface area (Å²) in [4.78, 5) is 0. The van der Waals surface area contributed by atoms with Crippen LogP contribution in [0.3, 0.4) is 0 Å². The lowest BCUT2D eigenvalue weighted by Crippen LogP contribution is -1.95. The second-order valence-corrected chi connectivity index (χ2v) is 15.7. The summed E-state index contributed by atoms with van der Waals surface area (Å²) in [6, 6.07) is 60.9. The zero-order valence-corrected chi connectivity index (χ0v) is 29.0. The van der Waals surface area contributed by atoms with Gasteiger partial charge in [0, 0.05) is 62.9 Å². The molecular formula is C48H27NS2. The van der Waals surface area contributed by atoms with E-state index >= 15 is 0 Å². The minimum atomic E-state index is 1.18. The summed E-state index contributed by atoms with van der Waals surface area (Å²) in [5.74, 6) is 0. The van der Waals surface area contributed by atoms with Gasteiger partial charge in [0.15, 0.2) is 0 Å². The summed E-state index contributed by atoms with van der Waals surface area (Å²) >= 11 is 3.80. The summed E-state index contributed by atoms with van der Waals surface area (Å²) in [6.45, 7) is 0. The molecule has 236 valence electrons. The van der Waals surface area contributed by atoms with Gasteiger partial charge in [0.2, 0.25) is 0 Å². The summed E-state index contributed by atoms with van der Waals surface area (Å²) in [5.41, 5.74) is 6.16. The molecule has 12 aromatic rings. The predicted molar refractivity (Wildman–Crippen MR) is 225 cm³/mol. The summed E-state index contributed by atoms with van der Waals surface area (Å²) in [5, 5.41) is 15.9. The van der Waals surface area contributed by atoms with Gasteiger partial charge >= 0.3 is 0 Å². The Hall–Kier alpha value is -6.00. The molecule has 0 aliphatic carbocycles. The number of para-hydroxylation sites is 1. The highest BCUT2D eigenvalue weighted by Crippen LogP contribution is 2.51. The van der Waals surface area contributed by atoms with Crippen LogP contribution in [0.5, 0.6) is 0 Å². The van der Waals surface area contributed by atoms with Gasteiger partial charge in [-0.05, 0) is 75.1 Å². The molecule has 0 saturated heterocycles. The van der Waals surface area contributed by atoms with Crippen molar-refractivity contribution in [1.29, 1.82) is 0 Å². The summed E-state index contributed by atoms with van der Waals surface area (Å²) in [6.07, 6.45) is 0. The Balaban J connectivity index is 1.26. The Morgan fingerprint density at radius 2 is 0.902 bits per heavy atom.